The van der Waals surface area contributed by atoms with E-state index in [9.17, 15) is 14.2 Å². The molecule has 2 amide bonds. The van der Waals surface area contributed by atoms with Gasteiger partial charge < -0.3 is 19.3 Å². The summed E-state index contributed by atoms with van der Waals surface area (Å²) in [4.78, 5) is 24.6. The maximum atomic E-state index is 14.0. The van der Waals surface area contributed by atoms with Crippen molar-refractivity contribution in [3.05, 3.63) is 90.1 Å². The lowest BCUT2D eigenvalue weighted by molar-refractivity contribution is -0.129. The molecule has 0 radical (unpaired) electrons. The molecule has 1 aliphatic heterocycles. The molecule has 0 saturated carbocycles. The molecule has 5 atom stereocenters. The Balaban J connectivity index is 1.38. The highest BCUT2D eigenvalue weighted by molar-refractivity contribution is 7.52. The molecule has 4 rings (SSSR count). The first kappa shape index (κ1) is 32.4. The van der Waals surface area contributed by atoms with Gasteiger partial charge in [0.2, 0.25) is 12.3 Å². The molecule has 10 nitrogen and oxygen atoms in total. The van der Waals surface area contributed by atoms with Gasteiger partial charge in [0, 0.05) is 31.3 Å². The first-order valence-electron chi connectivity index (χ1n) is 14.3. The molecular formula is C32H40N3O7P. The van der Waals surface area contributed by atoms with Crippen LogP contribution in [0.25, 0.3) is 10.8 Å². The van der Waals surface area contributed by atoms with Crippen molar-refractivity contribution in [3.63, 3.8) is 0 Å². The van der Waals surface area contributed by atoms with Crippen molar-refractivity contribution in [1.29, 1.82) is 0 Å². The SMILES string of the molecule is CNC(=O)/C=C\N(C=O)C1OC(COP(=O)(NC(C)COCc2c(C)ccc3ccccc23)Oc2ccccc2)CC1C. The average molecular weight is 610 g/mol. The summed E-state index contributed by atoms with van der Waals surface area (Å²) in [5.41, 5.74) is 2.25. The maximum Gasteiger partial charge on any atom is 0.459 e. The predicted octanol–water partition coefficient (Wildman–Crippen LogP) is 5.32. The zero-order valence-electron chi connectivity index (χ0n) is 25.0. The summed E-state index contributed by atoms with van der Waals surface area (Å²) in [6.45, 7) is 6.48. The van der Waals surface area contributed by atoms with Crippen LogP contribution in [0.5, 0.6) is 5.75 Å². The molecule has 3 aromatic rings. The van der Waals surface area contributed by atoms with E-state index in [1.807, 2.05) is 32.0 Å². The van der Waals surface area contributed by atoms with Crippen molar-refractivity contribution in [2.75, 3.05) is 20.3 Å². The van der Waals surface area contributed by atoms with Gasteiger partial charge in [0.05, 0.1) is 25.9 Å². The van der Waals surface area contributed by atoms with E-state index >= 15 is 0 Å². The number of likely N-dealkylation sites (N-methyl/N-ethyl adjacent to an activating group) is 1. The summed E-state index contributed by atoms with van der Waals surface area (Å²) in [6, 6.07) is 20.8. The van der Waals surface area contributed by atoms with Crippen LogP contribution in [-0.2, 0) is 34.8 Å². The Labute approximate surface area is 252 Å². The zero-order chi connectivity index (χ0) is 30.8. The topological polar surface area (TPSA) is 115 Å². The number of ether oxygens (including phenoxy) is 2. The van der Waals surface area contributed by atoms with Crippen molar-refractivity contribution in [3.8, 4) is 5.75 Å². The molecule has 1 heterocycles. The van der Waals surface area contributed by atoms with E-state index in [4.69, 9.17) is 18.5 Å². The van der Waals surface area contributed by atoms with Gasteiger partial charge in [-0.1, -0.05) is 61.5 Å². The lowest BCUT2D eigenvalue weighted by Crippen LogP contribution is -2.34. The number of carbonyl (C=O) groups is 2. The Kier molecular flexibility index (Phi) is 11.5. The van der Waals surface area contributed by atoms with Crippen molar-refractivity contribution in [2.45, 2.75) is 52.2 Å². The van der Waals surface area contributed by atoms with Crippen LogP contribution in [0.1, 0.15) is 31.4 Å². The number of fused-ring (bicyclic) bond motifs is 1. The van der Waals surface area contributed by atoms with E-state index in [1.165, 1.54) is 24.2 Å². The molecule has 43 heavy (non-hydrogen) atoms. The summed E-state index contributed by atoms with van der Waals surface area (Å²) >= 11 is 0. The summed E-state index contributed by atoms with van der Waals surface area (Å²) in [5.74, 6) is -0.00364. The second-order valence-corrected chi connectivity index (χ2v) is 12.4. The average Bonchev–Trinajstić information content (AvgIpc) is 3.38. The van der Waals surface area contributed by atoms with Crippen LogP contribution in [0.3, 0.4) is 0 Å². The number of rotatable bonds is 15. The van der Waals surface area contributed by atoms with Gasteiger partial charge in [-0.25, -0.2) is 9.65 Å². The lowest BCUT2D eigenvalue weighted by atomic mass is 10.0. The molecule has 1 saturated heterocycles. The van der Waals surface area contributed by atoms with Crippen molar-refractivity contribution < 1.29 is 32.7 Å². The summed E-state index contributed by atoms with van der Waals surface area (Å²) < 4.78 is 37.9. The van der Waals surface area contributed by atoms with E-state index in [-0.39, 0.29) is 31.1 Å². The van der Waals surface area contributed by atoms with Gasteiger partial charge in [0.15, 0.2) is 0 Å². The molecule has 11 heteroatoms. The van der Waals surface area contributed by atoms with Crippen molar-refractivity contribution in [1.82, 2.24) is 15.3 Å². The van der Waals surface area contributed by atoms with Crippen molar-refractivity contribution in [2.24, 2.45) is 5.92 Å². The first-order valence-corrected chi connectivity index (χ1v) is 15.9. The predicted molar refractivity (Wildman–Crippen MR) is 165 cm³/mol. The highest BCUT2D eigenvalue weighted by atomic mass is 31.2. The quantitative estimate of drug-likeness (QED) is 0.135. The lowest BCUT2D eigenvalue weighted by Gasteiger charge is -2.26. The molecule has 3 aromatic carbocycles. The number of nitrogens with zero attached hydrogens (tertiary/aromatic N) is 1. The number of hydrogen-bond donors (Lipinski definition) is 2. The Bertz CT molecular complexity index is 1450. The number of aryl methyl sites for hydroxylation is 1. The van der Waals surface area contributed by atoms with Gasteiger partial charge in [0.25, 0.3) is 0 Å². The number of hydrogen-bond acceptors (Lipinski definition) is 7. The highest BCUT2D eigenvalue weighted by Crippen LogP contribution is 2.46. The van der Waals surface area contributed by atoms with Crippen LogP contribution in [0.15, 0.2) is 79.0 Å². The molecule has 0 spiro atoms. The van der Waals surface area contributed by atoms with Crippen LogP contribution < -0.4 is 14.9 Å². The van der Waals surface area contributed by atoms with Gasteiger partial charge in [-0.15, -0.1) is 0 Å². The molecule has 5 unspecified atom stereocenters. The number of nitrogens with one attached hydrogen (secondary N) is 2. The van der Waals surface area contributed by atoms with Crippen LogP contribution in [0.4, 0.5) is 0 Å². The molecule has 0 bridgehead atoms. The second kappa shape index (κ2) is 15.3. The second-order valence-electron chi connectivity index (χ2n) is 10.7. The van der Waals surface area contributed by atoms with E-state index in [2.05, 4.69) is 41.6 Å². The Morgan fingerprint density at radius 1 is 1.14 bits per heavy atom. The number of para-hydroxylation sites is 1. The Hall–Kier alpha value is -3.53. The fraction of sp³-hybridized carbons (Fsp3) is 0.375. The fourth-order valence-electron chi connectivity index (χ4n) is 4.98. The molecule has 0 aromatic heterocycles. The van der Waals surface area contributed by atoms with E-state index in [1.54, 1.807) is 24.3 Å². The summed E-state index contributed by atoms with van der Waals surface area (Å²) in [5, 5.41) is 7.77. The highest BCUT2D eigenvalue weighted by Gasteiger charge is 2.38. The molecule has 230 valence electrons. The van der Waals surface area contributed by atoms with Crippen LogP contribution in [0, 0.1) is 12.8 Å². The fourth-order valence-corrected chi connectivity index (χ4v) is 6.54. The van der Waals surface area contributed by atoms with Gasteiger partial charge in [-0.2, -0.15) is 0 Å². The van der Waals surface area contributed by atoms with E-state index in [0.717, 1.165) is 21.9 Å². The van der Waals surface area contributed by atoms with Gasteiger partial charge in [0.1, 0.15) is 12.0 Å². The minimum Gasteiger partial charge on any atom is -0.413 e. The standard InChI is InChI=1S/C32H40N3O7P/c1-23-14-15-26-10-8-9-13-29(26)30(23)21-39-19-25(3)34-43(38,42-27-11-6-5-7-12-27)40-20-28-18-24(2)32(41-28)35(22-36)17-16-31(37)33-4/h5-17,22,24-25,28,32H,18-21H2,1-4H3,(H,33,37)(H,34,38)/b17-16-. The summed E-state index contributed by atoms with van der Waals surface area (Å²) in [7, 11) is -2.37. The van der Waals surface area contributed by atoms with Gasteiger partial charge in [-0.05, 0) is 54.3 Å². The largest absolute Gasteiger partial charge is 0.459 e. The van der Waals surface area contributed by atoms with Gasteiger partial charge in [-0.3, -0.25) is 19.0 Å². The van der Waals surface area contributed by atoms with E-state index < -0.39 is 20.1 Å². The zero-order valence-corrected chi connectivity index (χ0v) is 25.9. The third kappa shape index (κ3) is 8.98. The van der Waals surface area contributed by atoms with Crippen LogP contribution >= 0.6 is 7.75 Å². The third-order valence-electron chi connectivity index (χ3n) is 7.18. The normalized spacial score (nSPS) is 20.5. The summed E-state index contributed by atoms with van der Waals surface area (Å²) in [6.07, 6.45) is 2.74. The molecule has 1 aliphatic rings. The number of benzene rings is 3. The Morgan fingerprint density at radius 2 is 1.88 bits per heavy atom. The first-order chi connectivity index (χ1) is 20.7. The molecule has 2 N–H and O–H groups in total. The number of carbonyl (C=O) groups excluding carboxylic acids is 2. The van der Waals surface area contributed by atoms with Gasteiger partial charge >= 0.3 is 7.75 Å². The number of amides is 2. The van der Waals surface area contributed by atoms with Crippen LogP contribution in [0.2, 0.25) is 0 Å². The van der Waals surface area contributed by atoms with E-state index in [0.29, 0.717) is 25.2 Å². The van der Waals surface area contributed by atoms with Crippen molar-refractivity contribution >= 4 is 30.8 Å². The minimum atomic E-state index is -3.87. The maximum absolute atomic E-state index is 14.0. The Morgan fingerprint density at radius 3 is 2.63 bits per heavy atom. The third-order valence-corrected chi connectivity index (χ3v) is 8.88. The minimum absolute atomic E-state index is 0.0351. The molecular weight excluding hydrogens is 569 g/mol. The van der Waals surface area contributed by atoms with Crippen LogP contribution in [-0.4, -0.2) is 55.9 Å². The molecule has 0 aliphatic carbocycles. The smallest absolute Gasteiger partial charge is 0.413 e. The monoisotopic (exact) mass is 609 g/mol. The molecule has 1 fully saturated rings.